The number of methoxy groups -OCH3 is 1. The summed E-state index contributed by atoms with van der Waals surface area (Å²) < 4.78 is 7.25. The van der Waals surface area contributed by atoms with Crippen LogP contribution in [0.15, 0.2) is 48.1 Å². The van der Waals surface area contributed by atoms with Gasteiger partial charge in [0.15, 0.2) is 0 Å². The summed E-state index contributed by atoms with van der Waals surface area (Å²) in [6.45, 7) is 7.62. The van der Waals surface area contributed by atoms with Gasteiger partial charge in [-0.05, 0) is 44.2 Å². The lowest BCUT2D eigenvalue weighted by molar-refractivity contribution is -0.139. The van der Waals surface area contributed by atoms with Gasteiger partial charge in [0.05, 0.1) is 13.3 Å². The number of hydrogen-bond acceptors (Lipinski definition) is 4. The Bertz CT molecular complexity index is 835. The summed E-state index contributed by atoms with van der Waals surface area (Å²) in [5.41, 5.74) is 6.02. The molecule has 1 aromatic carbocycles. The molecule has 0 aliphatic heterocycles. The minimum Gasteiger partial charge on any atom is -0.497 e. The van der Waals surface area contributed by atoms with Crippen molar-refractivity contribution in [2.24, 2.45) is 5.10 Å². The number of nitrogens with one attached hydrogen (secondary N) is 2. The Hall–Kier alpha value is -3.35. The number of hydrogen-bond donors (Lipinski definition) is 2. The smallest absolute Gasteiger partial charge is 0.329 e. The fourth-order valence-electron chi connectivity index (χ4n) is 2.50. The van der Waals surface area contributed by atoms with Crippen LogP contribution in [0.3, 0.4) is 0 Å². The van der Waals surface area contributed by atoms with Gasteiger partial charge in [0, 0.05) is 29.2 Å². The molecule has 7 nitrogen and oxygen atoms in total. The highest BCUT2D eigenvalue weighted by Gasteiger charge is 2.12. The lowest BCUT2D eigenvalue weighted by atomic mass is 10.2. The predicted octanol–water partition coefficient (Wildman–Crippen LogP) is 1.86. The van der Waals surface area contributed by atoms with Crippen LogP contribution < -0.4 is 15.5 Å². The van der Waals surface area contributed by atoms with Crippen molar-refractivity contribution in [1.29, 1.82) is 0 Å². The average Bonchev–Trinajstić information content (AvgIpc) is 2.93. The molecule has 2 aromatic rings. The van der Waals surface area contributed by atoms with Crippen LogP contribution in [0, 0.1) is 13.8 Å². The zero-order valence-electron chi connectivity index (χ0n) is 15.1. The first-order valence-corrected chi connectivity index (χ1v) is 8.03. The van der Waals surface area contributed by atoms with Gasteiger partial charge in [0.25, 0.3) is 0 Å². The fourth-order valence-corrected chi connectivity index (χ4v) is 2.50. The van der Waals surface area contributed by atoms with E-state index in [-0.39, 0.29) is 6.54 Å². The third-order valence-corrected chi connectivity index (χ3v) is 3.78. The van der Waals surface area contributed by atoms with Gasteiger partial charge in [-0.2, -0.15) is 5.10 Å². The minimum absolute atomic E-state index is 0.221. The number of aryl methyl sites for hydroxylation is 1. The largest absolute Gasteiger partial charge is 0.497 e. The van der Waals surface area contributed by atoms with E-state index in [4.69, 9.17) is 4.74 Å². The van der Waals surface area contributed by atoms with Crippen molar-refractivity contribution in [3.05, 3.63) is 59.9 Å². The highest BCUT2D eigenvalue weighted by Crippen LogP contribution is 2.21. The standard InChI is InChI=1S/C19H22N4O3/c1-5-10-20-18(24)19(25)22-21-12-15-11-13(2)23(14(15)3)16-6-8-17(26-4)9-7-16/h5-9,11-12H,1,10H2,2-4H3,(H,20,24)(H,22,25)/b21-12-. The molecule has 26 heavy (non-hydrogen) atoms. The van der Waals surface area contributed by atoms with Crippen molar-refractivity contribution >= 4 is 18.0 Å². The summed E-state index contributed by atoms with van der Waals surface area (Å²) in [6, 6.07) is 9.66. The van der Waals surface area contributed by atoms with Gasteiger partial charge in [-0.25, -0.2) is 5.43 Å². The van der Waals surface area contributed by atoms with Crippen LogP contribution >= 0.6 is 0 Å². The van der Waals surface area contributed by atoms with E-state index in [2.05, 4.69) is 27.0 Å². The molecule has 2 rings (SSSR count). The molecule has 0 bridgehead atoms. The molecule has 0 aliphatic rings. The molecular weight excluding hydrogens is 332 g/mol. The normalized spacial score (nSPS) is 10.6. The maximum atomic E-state index is 11.6. The van der Waals surface area contributed by atoms with Gasteiger partial charge in [-0.15, -0.1) is 6.58 Å². The van der Waals surface area contributed by atoms with Crippen LogP contribution in [0.1, 0.15) is 17.0 Å². The molecule has 2 N–H and O–H groups in total. The number of hydrazone groups is 1. The van der Waals surface area contributed by atoms with Gasteiger partial charge in [-0.3, -0.25) is 9.59 Å². The van der Waals surface area contributed by atoms with Gasteiger partial charge >= 0.3 is 11.8 Å². The maximum Gasteiger partial charge on any atom is 0.329 e. The van der Waals surface area contributed by atoms with Crippen LogP contribution in [0.5, 0.6) is 5.75 Å². The maximum absolute atomic E-state index is 11.6. The fraction of sp³-hybridized carbons (Fsp3) is 0.211. The zero-order chi connectivity index (χ0) is 19.1. The van der Waals surface area contributed by atoms with Crippen LogP contribution in [0.4, 0.5) is 0 Å². The Labute approximate surface area is 152 Å². The number of carbonyl (C=O) groups is 2. The van der Waals surface area contributed by atoms with Gasteiger partial charge < -0.3 is 14.6 Å². The summed E-state index contributed by atoms with van der Waals surface area (Å²) in [7, 11) is 1.63. The SMILES string of the molecule is C=CCNC(=O)C(=O)N/N=C\c1cc(C)n(-c2ccc(OC)cc2)c1C. The van der Waals surface area contributed by atoms with Crippen molar-refractivity contribution in [2.45, 2.75) is 13.8 Å². The molecule has 0 spiro atoms. The molecule has 136 valence electrons. The average molecular weight is 354 g/mol. The molecule has 0 unspecified atom stereocenters. The van der Waals surface area contributed by atoms with E-state index in [0.29, 0.717) is 0 Å². The third kappa shape index (κ3) is 4.38. The molecule has 1 aromatic heterocycles. The van der Waals surface area contributed by atoms with E-state index in [1.165, 1.54) is 12.3 Å². The second-order valence-electron chi connectivity index (χ2n) is 5.56. The summed E-state index contributed by atoms with van der Waals surface area (Å²) >= 11 is 0. The molecule has 0 saturated heterocycles. The molecular formula is C19H22N4O3. The number of nitrogens with zero attached hydrogens (tertiary/aromatic N) is 2. The lowest BCUT2D eigenvalue weighted by Gasteiger charge is -2.10. The summed E-state index contributed by atoms with van der Waals surface area (Å²) in [6.07, 6.45) is 3.00. The quantitative estimate of drug-likeness (QED) is 0.359. The van der Waals surface area contributed by atoms with E-state index in [1.807, 2.05) is 44.2 Å². The Morgan fingerprint density at radius 1 is 1.23 bits per heavy atom. The topological polar surface area (TPSA) is 84.7 Å². The van der Waals surface area contributed by atoms with Crippen molar-refractivity contribution in [3.8, 4) is 11.4 Å². The molecule has 7 heteroatoms. The molecule has 0 saturated carbocycles. The number of ether oxygens (including phenoxy) is 1. The van der Waals surface area contributed by atoms with Crippen LogP contribution in [0.25, 0.3) is 5.69 Å². The Balaban J connectivity index is 2.12. The molecule has 0 aliphatic carbocycles. The number of benzene rings is 1. The van der Waals surface area contributed by atoms with Crippen molar-refractivity contribution in [1.82, 2.24) is 15.3 Å². The summed E-state index contributed by atoms with van der Waals surface area (Å²) in [4.78, 5) is 23.0. The van der Waals surface area contributed by atoms with E-state index in [1.54, 1.807) is 7.11 Å². The number of carbonyl (C=O) groups excluding carboxylic acids is 2. The second-order valence-corrected chi connectivity index (χ2v) is 5.56. The molecule has 0 fully saturated rings. The number of rotatable bonds is 6. The first kappa shape index (κ1) is 19.0. The third-order valence-electron chi connectivity index (χ3n) is 3.78. The summed E-state index contributed by atoms with van der Waals surface area (Å²) in [5, 5.41) is 6.24. The zero-order valence-corrected chi connectivity index (χ0v) is 15.1. The van der Waals surface area contributed by atoms with Crippen LogP contribution in [-0.4, -0.2) is 36.3 Å². The minimum atomic E-state index is -0.827. The van der Waals surface area contributed by atoms with E-state index in [9.17, 15) is 9.59 Å². The highest BCUT2D eigenvalue weighted by molar-refractivity contribution is 6.35. The molecule has 1 heterocycles. The Morgan fingerprint density at radius 3 is 2.54 bits per heavy atom. The van der Waals surface area contributed by atoms with E-state index < -0.39 is 11.8 Å². The summed E-state index contributed by atoms with van der Waals surface area (Å²) in [5.74, 6) is -0.798. The van der Waals surface area contributed by atoms with Gasteiger partial charge in [0.2, 0.25) is 0 Å². The van der Waals surface area contributed by atoms with Crippen molar-refractivity contribution in [2.75, 3.05) is 13.7 Å². The van der Waals surface area contributed by atoms with Gasteiger partial charge in [0.1, 0.15) is 5.75 Å². The lowest BCUT2D eigenvalue weighted by Crippen LogP contribution is -2.37. The first-order valence-electron chi connectivity index (χ1n) is 8.03. The predicted molar refractivity (Wildman–Crippen MR) is 101 cm³/mol. The first-order chi connectivity index (χ1) is 12.5. The van der Waals surface area contributed by atoms with E-state index in [0.717, 1.165) is 28.4 Å². The Kier molecular flexibility index (Phi) is 6.32. The van der Waals surface area contributed by atoms with Crippen molar-refractivity contribution in [3.63, 3.8) is 0 Å². The Morgan fingerprint density at radius 2 is 1.92 bits per heavy atom. The highest BCUT2D eigenvalue weighted by atomic mass is 16.5. The van der Waals surface area contributed by atoms with Gasteiger partial charge in [-0.1, -0.05) is 6.08 Å². The second kappa shape index (κ2) is 8.66. The van der Waals surface area contributed by atoms with E-state index >= 15 is 0 Å². The monoisotopic (exact) mass is 354 g/mol. The molecule has 2 amide bonds. The molecule has 0 atom stereocenters. The van der Waals surface area contributed by atoms with Crippen LogP contribution in [0.2, 0.25) is 0 Å². The van der Waals surface area contributed by atoms with Crippen LogP contribution in [-0.2, 0) is 9.59 Å². The molecule has 0 radical (unpaired) electrons. The number of amides is 2. The number of aromatic nitrogens is 1. The van der Waals surface area contributed by atoms with Crippen molar-refractivity contribution < 1.29 is 14.3 Å².